The van der Waals surface area contributed by atoms with Crippen LogP contribution in [0.4, 0.5) is 0 Å². The summed E-state index contributed by atoms with van der Waals surface area (Å²) in [5.74, 6) is 2.14. The summed E-state index contributed by atoms with van der Waals surface area (Å²) in [6, 6.07) is 15.3. The summed E-state index contributed by atoms with van der Waals surface area (Å²) in [5, 5.41) is 12.4. The normalized spacial score (nSPS) is 12.5. The summed E-state index contributed by atoms with van der Waals surface area (Å²) in [5.41, 5.74) is 3.06. The zero-order valence-electron chi connectivity index (χ0n) is 13.8. The Morgan fingerprint density at radius 1 is 1.00 bits per heavy atom. The molecular weight excluding hydrogens is 334 g/mol. The molecule has 5 rings (SSSR count). The molecule has 0 bridgehead atoms. The molecule has 8 nitrogen and oxygen atoms in total. The summed E-state index contributed by atoms with van der Waals surface area (Å²) in [6.45, 7) is 2.13. The molecule has 1 aliphatic rings. The largest absolute Gasteiger partial charge is 0.454 e. The Bertz CT molecular complexity index is 1090. The lowest BCUT2D eigenvalue weighted by Crippen LogP contribution is -1.98. The van der Waals surface area contributed by atoms with E-state index >= 15 is 0 Å². The van der Waals surface area contributed by atoms with Crippen molar-refractivity contribution in [3.05, 3.63) is 54.2 Å². The molecule has 1 aliphatic heterocycles. The molecule has 26 heavy (non-hydrogen) atoms. The summed E-state index contributed by atoms with van der Waals surface area (Å²) >= 11 is 0. The zero-order valence-corrected chi connectivity index (χ0v) is 13.8. The SMILES string of the molecule is Cc1c(-c2nc(-c3ccc4c(c3)OCO4)no2)nnn1-c1ccccc1. The maximum atomic E-state index is 5.41. The van der Waals surface area contributed by atoms with Crippen molar-refractivity contribution in [2.75, 3.05) is 6.79 Å². The minimum absolute atomic E-state index is 0.220. The van der Waals surface area contributed by atoms with Crippen LogP contribution in [-0.4, -0.2) is 31.9 Å². The van der Waals surface area contributed by atoms with Gasteiger partial charge >= 0.3 is 0 Å². The highest BCUT2D eigenvalue weighted by atomic mass is 16.7. The third-order valence-electron chi connectivity index (χ3n) is 4.15. The van der Waals surface area contributed by atoms with E-state index in [1.54, 1.807) is 4.68 Å². The van der Waals surface area contributed by atoms with Gasteiger partial charge in [-0.15, -0.1) is 5.10 Å². The van der Waals surface area contributed by atoms with E-state index in [1.165, 1.54) is 0 Å². The van der Waals surface area contributed by atoms with E-state index in [-0.39, 0.29) is 6.79 Å². The van der Waals surface area contributed by atoms with Crippen LogP contribution < -0.4 is 9.47 Å². The van der Waals surface area contributed by atoms with Gasteiger partial charge in [0.25, 0.3) is 5.89 Å². The van der Waals surface area contributed by atoms with Crippen molar-refractivity contribution in [2.45, 2.75) is 6.92 Å². The summed E-state index contributed by atoms with van der Waals surface area (Å²) in [4.78, 5) is 4.45. The van der Waals surface area contributed by atoms with Gasteiger partial charge in [0.2, 0.25) is 12.6 Å². The monoisotopic (exact) mass is 347 g/mol. The fourth-order valence-corrected chi connectivity index (χ4v) is 2.81. The van der Waals surface area contributed by atoms with Crippen molar-refractivity contribution in [3.8, 4) is 40.2 Å². The van der Waals surface area contributed by atoms with Gasteiger partial charge in [0.15, 0.2) is 17.2 Å². The van der Waals surface area contributed by atoms with Crippen molar-refractivity contribution in [2.24, 2.45) is 0 Å². The van der Waals surface area contributed by atoms with Crippen LogP contribution in [0.3, 0.4) is 0 Å². The molecule has 0 saturated carbocycles. The fraction of sp³-hybridized carbons (Fsp3) is 0.111. The topological polar surface area (TPSA) is 88.1 Å². The number of nitrogens with zero attached hydrogens (tertiary/aromatic N) is 5. The maximum absolute atomic E-state index is 5.41. The summed E-state index contributed by atoms with van der Waals surface area (Å²) in [6.07, 6.45) is 0. The van der Waals surface area contributed by atoms with Crippen molar-refractivity contribution < 1.29 is 14.0 Å². The van der Waals surface area contributed by atoms with Gasteiger partial charge in [-0.3, -0.25) is 0 Å². The minimum Gasteiger partial charge on any atom is -0.454 e. The number of rotatable bonds is 3. The summed E-state index contributed by atoms with van der Waals surface area (Å²) in [7, 11) is 0. The Kier molecular flexibility index (Phi) is 3.21. The third kappa shape index (κ3) is 2.31. The molecule has 0 radical (unpaired) electrons. The van der Waals surface area contributed by atoms with Crippen LogP contribution in [0.25, 0.3) is 28.7 Å². The van der Waals surface area contributed by atoms with Gasteiger partial charge in [-0.05, 0) is 37.3 Å². The number of fused-ring (bicyclic) bond motifs is 1. The van der Waals surface area contributed by atoms with Gasteiger partial charge in [0.1, 0.15) is 0 Å². The zero-order chi connectivity index (χ0) is 17.5. The Balaban J connectivity index is 1.50. The minimum atomic E-state index is 0.220. The third-order valence-corrected chi connectivity index (χ3v) is 4.15. The van der Waals surface area contributed by atoms with Gasteiger partial charge in [-0.25, -0.2) is 4.68 Å². The molecular formula is C18H13N5O3. The average molecular weight is 347 g/mol. The van der Waals surface area contributed by atoms with E-state index in [1.807, 2.05) is 55.5 Å². The van der Waals surface area contributed by atoms with Gasteiger partial charge in [0.05, 0.1) is 11.4 Å². The van der Waals surface area contributed by atoms with Gasteiger partial charge in [-0.1, -0.05) is 28.6 Å². The second kappa shape index (κ2) is 5.69. The Labute approximate surface area is 148 Å². The van der Waals surface area contributed by atoms with Crippen LogP contribution in [0.1, 0.15) is 5.69 Å². The molecule has 0 saturated heterocycles. The summed E-state index contributed by atoms with van der Waals surface area (Å²) < 4.78 is 17.8. The quantitative estimate of drug-likeness (QED) is 0.563. The van der Waals surface area contributed by atoms with E-state index in [0.717, 1.165) is 16.9 Å². The number of ether oxygens (including phenoxy) is 2. The highest BCUT2D eigenvalue weighted by molar-refractivity contribution is 5.63. The second-order valence-corrected chi connectivity index (χ2v) is 5.76. The molecule has 0 amide bonds. The second-order valence-electron chi connectivity index (χ2n) is 5.76. The molecule has 2 aromatic carbocycles. The molecule has 3 heterocycles. The first kappa shape index (κ1) is 14.6. The first-order valence-electron chi connectivity index (χ1n) is 8.01. The van der Waals surface area contributed by atoms with Crippen LogP contribution in [-0.2, 0) is 0 Å². The molecule has 0 fully saturated rings. The number of hydrogen-bond acceptors (Lipinski definition) is 7. The standard InChI is InChI=1S/C18H13N5O3/c1-11-16(20-22-23(11)13-5-3-2-4-6-13)18-19-17(21-26-18)12-7-8-14-15(9-12)25-10-24-14/h2-9H,10H2,1H3. The van der Waals surface area contributed by atoms with E-state index in [4.69, 9.17) is 14.0 Å². The predicted octanol–water partition coefficient (Wildman–Crippen LogP) is 3.02. The van der Waals surface area contributed by atoms with E-state index in [0.29, 0.717) is 28.9 Å². The molecule has 0 N–H and O–H groups in total. The van der Waals surface area contributed by atoms with E-state index in [2.05, 4.69) is 20.5 Å². The fourth-order valence-electron chi connectivity index (χ4n) is 2.81. The molecule has 128 valence electrons. The van der Waals surface area contributed by atoms with Gasteiger partial charge in [0, 0.05) is 5.56 Å². The molecule has 2 aromatic heterocycles. The van der Waals surface area contributed by atoms with Crippen LogP contribution >= 0.6 is 0 Å². The lowest BCUT2D eigenvalue weighted by Gasteiger charge is -2.01. The van der Waals surface area contributed by atoms with E-state index < -0.39 is 0 Å². The Morgan fingerprint density at radius 2 is 1.85 bits per heavy atom. The molecule has 0 unspecified atom stereocenters. The molecule has 8 heteroatoms. The molecule has 0 aliphatic carbocycles. The lowest BCUT2D eigenvalue weighted by molar-refractivity contribution is 0.174. The lowest BCUT2D eigenvalue weighted by atomic mass is 10.2. The smallest absolute Gasteiger partial charge is 0.280 e. The predicted molar refractivity (Wildman–Crippen MR) is 90.9 cm³/mol. The molecule has 4 aromatic rings. The average Bonchev–Trinajstić information content (AvgIpc) is 3.41. The first-order valence-corrected chi connectivity index (χ1v) is 8.01. The van der Waals surface area contributed by atoms with Crippen LogP contribution in [0, 0.1) is 6.92 Å². The van der Waals surface area contributed by atoms with Crippen LogP contribution in [0.2, 0.25) is 0 Å². The van der Waals surface area contributed by atoms with Crippen molar-refractivity contribution in [1.82, 2.24) is 25.1 Å². The molecule has 0 atom stereocenters. The van der Waals surface area contributed by atoms with Crippen molar-refractivity contribution in [3.63, 3.8) is 0 Å². The van der Waals surface area contributed by atoms with Crippen molar-refractivity contribution in [1.29, 1.82) is 0 Å². The van der Waals surface area contributed by atoms with Gasteiger partial charge < -0.3 is 14.0 Å². The highest BCUT2D eigenvalue weighted by Gasteiger charge is 2.20. The highest BCUT2D eigenvalue weighted by Crippen LogP contribution is 2.35. The van der Waals surface area contributed by atoms with E-state index in [9.17, 15) is 0 Å². The maximum Gasteiger partial charge on any atom is 0.280 e. The first-order chi connectivity index (χ1) is 12.8. The van der Waals surface area contributed by atoms with Crippen molar-refractivity contribution >= 4 is 0 Å². The number of hydrogen-bond donors (Lipinski definition) is 0. The number of aromatic nitrogens is 5. The van der Waals surface area contributed by atoms with Crippen LogP contribution in [0.5, 0.6) is 11.5 Å². The van der Waals surface area contributed by atoms with Gasteiger partial charge in [-0.2, -0.15) is 4.98 Å². The number of para-hydroxylation sites is 1. The number of benzene rings is 2. The Hall–Kier alpha value is -3.68. The molecule has 0 spiro atoms. The Morgan fingerprint density at radius 3 is 2.73 bits per heavy atom. The van der Waals surface area contributed by atoms with Crippen LogP contribution in [0.15, 0.2) is 53.1 Å².